The van der Waals surface area contributed by atoms with Crippen LogP contribution in [0.15, 0.2) is 23.3 Å². The van der Waals surface area contributed by atoms with Crippen LogP contribution in [-0.4, -0.2) is 11.2 Å². The molecule has 3 fully saturated rings. The highest BCUT2D eigenvalue weighted by atomic mass is 16.3. The summed E-state index contributed by atoms with van der Waals surface area (Å²) in [6, 6.07) is 0. The second kappa shape index (κ2) is 8.42. The Morgan fingerprint density at radius 1 is 1.07 bits per heavy atom. The highest BCUT2D eigenvalue weighted by Gasteiger charge is 2.59. The Morgan fingerprint density at radius 3 is 2.53 bits per heavy atom. The summed E-state index contributed by atoms with van der Waals surface area (Å²) in [4.78, 5) is 0. The lowest BCUT2D eigenvalue weighted by Crippen LogP contribution is -2.51. The van der Waals surface area contributed by atoms with Crippen molar-refractivity contribution < 1.29 is 5.11 Å². The first-order valence-corrected chi connectivity index (χ1v) is 13.2. The molecule has 30 heavy (non-hydrogen) atoms. The molecular formula is C29H48O. The molecule has 0 aromatic carbocycles. The van der Waals surface area contributed by atoms with Gasteiger partial charge in [-0.2, -0.15) is 0 Å². The third-order valence-electron chi connectivity index (χ3n) is 10.9. The van der Waals surface area contributed by atoms with Crippen LogP contribution in [0, 0.1) is 46.3 Å². The van der Waals surface area contributed by atoms with Crippen molar-refractivity contribution in [3.8, 4) is 0 Å². The summed E-state index contributed by atoms with van der Waals surface area (Å²) in [6.07, 6.45) is 17.8. The molecule has 0 radical (unpaired) electrons. The zero-order chi connectivity index (χ0) is 21.7. The maximum atomic E-state index is 10.2. The summed E-state index contributed by atoms with van der Waals surface area (Å²) in [5.74, 6) is 5.22. The molecular weight excluding hydrogens is 364 g/mol. The van der Waals surface area contributed by atoms with Gasteiger partial charge in [-0.3, -0.25) is 0 Å². The van der Waals surface area contributed by atoms with Gasteiger partial charge in [-0.15, -0.1) is 0 Å². The first-order chi connectivity index (χ1) is 14.2. The summed E-state index contributed by atoms with van der Waals surface area (Å²) in [6.45, 7) is 14.8. The molecule has 1 heteroatoms. The number of allylic oxidation sites excluding steroid dienone is 3. The first-order valence-electron chi connectivity index (χ1n) is 13.2. The average molecular weight is 413 g/mol. The third-order valence-corrected chi connectivity index (χ3v) is 10.9. The quantitative estimate of drug-likeness (QED) is 0.454. The molecule has 0 aliphatic heterocycles. The number of hydrogen-bond donors (Lipinski definition) is 1. The van der Waals surface area contributed by atoms with Crippen LogP contribution in [0.4, 0.5) is 0 Å². The summed E-state index contributed by atoms with van der Waals surface area (Å²) in [7, 11) is 0. The lowest BCUT2D eigenvalue weighted by molar-refractivity contribution is -0.0625. The zero-order valence-electron chi connectivity index (χ0n) is 20.7. The van der Waals surface area contributed by atoms with Crippen molar-refractivity contribution in [2.45, 2.75) is 112 Å². The van der Waals surface area contributed by atoms with Gasteiger partial charge in [-0.1, -0.05) is 57.9 Å². The van der Waals surface area contributed by atoms with E-state index in [1.54, 1.807) is 11.1 Å². The molecule has 0 unspecified atom stereocenters. The highest BCUT2D eigenvalue weighted by molar-refractivity contribution is 5.25. The molecule has 4 rings (SSSR count). The van der Waals surface area contributed by atoms with Crippen molar-refractivity contribution in [1.29, 1.82) is 0 Å². The Hall–Kier alpha value is -0.560. The van der Waals surface area contributed by atoms with E-state index in [9.17, 15) is 5.11 Å². The topological polar surface area (TPSA) is 20.2 Å². The highest BCUT2D eigenvalue weighted by Crippen LogP contribution is 2.67. The number of fused-ring (bicyclic) bond motifs is 5. The van der Waals surface area contributed by atoms with Gasteiger partial charge >= 0.3 is 0 Å². The maximum Gasteiger partial charge on any atom is 0.0724 e. The average Bonchev–Trinajstić information content (AvgIpc) is 3.06. The minimum absolute atomic E-state index is 0.178. The predicted molar refractivity (Wildman–Crippen MR) is 128 cm³/mol. The van der Waals surface area contributed by atoms with Crippen LogP contribution in [0.3, 0.4) is 0 Å². The van der Waals surface area contributed by atoms with Gasteiger partial charge in [-0.25, -0.2) is 0 Å². The fourth-order valence-electron chi connectivity index (χ4n) is 9.05. The summed E-state index contributed by atoms with van der Waals surface area (Å²) in [5.41, 5.74) is 4.22. The Bertz CT molecular complexity index is 686. The Balaban J connectivity index is 1.48. The third kappa shape index (κ3) is 3.66. The molecule has 4 aliphatic rings. The monoisotopic (exact) mass is 412 g/mol. The smallest absolute Gasteiger partial charge is 0.0724 e. The fourth-order valence-corrected chi connectivity index (χ4v) is 9.05. The minimum Gasteiger partial charge on any atom is -0.389 e. The van der Waals surface area contributed by atoms with E-state index in [-0.39, 0.29) is 6.10 Å². The van der Waals surface area contributed by atoms with Crippen molar-refractivity contribution in [3.63, 3.8) is 0 Å². The van der Waals surface area contributed by atoms with Crippen molar-refractivity contribution in [2.75, 3.05) is 0 Å². The summed E-state index contributed by atoms with van der Waals surface area (Å²) in [5, 5.41) is 10.2. The number of hydrogen-bond acceptors (Lipinski definition) is 1. The van der Waals surface area contributed by atoms with Crippen LogP contribution < -0.4 is 0 Å². The molecule has 170 valence electrons. The molecule has 0 amide bonds. The predicted octanol–water partition coefficient (Wildman–Crippen LogP) is 7.94. The van der Waals surface area contributed by atoms with Gasteiger partial charge in [0.15, 0.2) is 0 Å². The van der Waals surface area contributed by atoms with Crippen LogP contribution in [0.25, 0.3) is 0 Å². The van der Waals surface area contributed by atoms with E-state index in [0.717, 1.165) is 36.0 Å². The van der Waals surface area contributed by atoms with Crippen LogP contribution in [0.1, 0.15) is 106 Å². The fraction of sp³-hybridized carbons (Fsp3) is 0.862. The summed E-state index contributed by atoms with van der Waals surface area (Å²) >= 11 is 0. The number of rotatable bonds is 5. The molecule has 0 aromatic rings. The molecule has 0 bridgehead atoms. The van der Waals surface area contributed by atoms with E-state index in [2.05, 4.69) is 53.7 Å². The maximum absolute atomic E-state index is 10.2. The van der Waals surface area contributed by atoms with Gasteiger partial charge < -0.3 is 5.11 Å². The minimum atomic E-state index is -0.178. The van der Waals surface area contributed by atoms with E-state index in [4.69, 9.17) is 0 Å². The Kier molecular flexibility index (Phi) is 6.35. The SMILES string of the molecule is C/C=C(/CC[C@@H](C)[C@H]1CC[C@H]2[C@@H]3CCC4=C[C@@H](O)CC[C@]4(C)[C@H]3CC[C@]12C)C(C)C. The zero-order valence-corrected chi connectivity index (χ0v) is 20.7. The molecule has 1 nitrogen and oxygen atoms in total. The molecule has 1 N–H and O–H groups in total. The van der Waals surface area contributed by atoms with Crippen molar-refractivity contribution in [2.24, 2.45) is 46.3 Å². The lowest BCUT2D eigenvalue weighted by Gasteiger charge is -2.59. The van der Waals surface area contributed by atoms with E-state index in [1.165, 1.54) is 57.8 Å². The molecule has 8 atom stereocenters. The van der Waals surface area contributed by atoms with Crippen molar-refractivity contribution in [3.05, 3.63) is 23.3 Å². The molecule has 0 aromatic heterocycles. The molecule has 0 spiro atoms. The van der Waals surface area contributed by atoms with E-state index in [1.807, 2.05) is 0 Å². The first kappa shape index (κ1) is 22.6. The van der Waals surface area contributed by atoms with Crippen LogP contribution in [-0.2, 0) is 0 Å². The van der Waals surface area contributed by atoms with Crippen LogP contribution >= 0.6 is 0 Å². The van der Waals surface area contributed by atoms with Gasteiger partial charge in [0.05, 0.1) is 6.10 Å². The normalized spacial score (nSPS) is 44.9. The molecule has 4 aliphatic carbocycles. The molecule has 0 saturated heterocycles. The van der Waals surface area contributed by atoms with Gasteiger partial charge in [0, 0.05) is 0 Å². The Labute approximate surface area is 186 Å². The van der Waals surface area contributed by atoms with Gasteiger partial charge in [0.1, 0.15) is 0 Å². The van der Waals surface area contributed by atoms with E-state index >= 15 is 0 Å². The number of aliphatic hydroxyl groups excluding tert-OH is 1. The lowest BCUT2D eigenvalue weighted by atomic mass is 9.46. The second-order valence-corrected chi connectivity index (χ2v) is 12.4. The molecule has 0 heterocycles. The number of aliphatic hydroxyl groups is 1. The van der Waals surface area contributed by atoms with Crippen molar-refractivity contribution in [1.82, 2.24) is 0 Å². The van der Waals surface area contributed by atoms with Gasteiger partial charge in [-0.05, 0) is 117 Å². The largest absolute Gasteiger partial charge is 0.389 e. The Morgan fingerprint density at radius 2 is 1.83 bits per heavy atom. The summed E-state index contributed by atoms with van der Waals surface area (Å²) < 4.78 is 0. The van der Waals surface area contributed by atoms with E-state index in [0.29, 0.717) is 16.7 Å². The molecule has 3 saturated carbocycles. The van der Waals surface area contributed by atoms with E-state index < -0.39 is 0 Å². The van der Waals surface area contributed by atoms with Gasteiger partial charge in [0.2, 0.25) is 0 Å². The second-order valence-electron chi connectivity index (χ2n) is 12.4. The van der Waals surface area contributed by atoms with Crippen LogP contribution in [0.2, 0.25) is 0 Å². The van der Waals surface area contributed by atoms with Gasteiger partial charge in [0.25, 0.3) is 0 Å². The van der Waals surface area contributed by atoms with Crippen molar-refractivity contribution >= 4 is 0 Å². The van der Waals surface area contributed by atoms with Crippen LogP contribution in [0.5, 0.6) is 0 Å². The standard InChI is InChI=1S/C29H48O/c1-7-21(19(2)3)9-8-20(4)25-12-13-26-24-11-10-22-18-23(30)14-16-28(22,5)27(24)15-17-29(25,26)6/h7,18-20,23-27,30H,8-17H2,1-6H3/b21-7-/t20-,23+,24+,25-,26+,27+,28+,29-/m1/s1.